The van der Waals surface area contributed by atoms with Crippen LogP contribution in [0.2, 0.25) is 0 Å². The molecule has 3 heteroatoms. The van der Waals surface area contributed by atoms with E-state index in [1.807, 2.05) is 0 Å². The zero-order valence-electron chi connectivity index (χ0n) is 12.2. The van der Waals surface area contributed by atoms with Crippen molar-refractivity contribution in [3.63, 3.8) is 0 Å². The fraction of sp³-hybridized carbons (Fsp3) is 0.750. The van der Waals surface area contributed by atoms with Gasteiger partial charge in [0.2, 0.25) is 0 Å². The van der Waals surface area contributed by atoms with Crippen molar-refractivity contribution in [1.29, 1.82) is 0 Å². The highest BCUT2D eigenvalue weighted by atomic mass is 15.0. The molecule has 1 N–H and O–H groups in total. The number of piperidine rings is 1. The molecule has 1 aromatic heterocycles. The lowest BCUT2D eigenvalue weighted by atomic mass is 9.95. The van der Waals surface area contributed by atoms with Crippen LogP contribution in [0.25, 0.3) is 0 Å². The van der Waals surface area contributed by atoms with Gasteiger partial charge in [-0.15, -0.1) is 0 Å². The summed E-state index contributed by atoms with van der Waals surface area (Å²) in [5.41, 5.74) is 3.77. The predicted molar refractivity (Wildman–Crippen MR) is 77.3 cm³/mol. The smallest absolute Gasteiger partial charge is 0.131 e. The molecule has 1 aromatic rings. The van der Waals surface area contributed by atoms with E-state index in [0.717, 1.165) is 12.4 Å². The lowest BCUT2D eigenvalue weighted by molar-refractivity contribution is 0.407. The summed E-state index contributed by atoms with van der Waals surface area (Å²) in [6, 6.07) is 0.478. The van der Waals surface area contributed by atoms with Crippen molar-refractivity contribution in [2.75, 3.05) is 6.54 Å². The third-order valence-corrected chi connectivity index (χ3v) is 4.72. The number of aryl methyl sites for hydroxylation is 2. The number of hydrogen-bond acceptors (Lipinski definition) is 3. The molecule has 0 bridgehead atoms. The molecular formula is C16H25N3. The Morgan fingerprint density at radius 1 is 0.895 bits per heavy atom. The molecule has 1 aliphatic heterocycles. The Balaban J connectivity index is 1.88. The van der Waals surface area contributed by atoms with Crippen molar-refractivity contribution in [3.8, 4) is 0 Å². The SMILES string of the molecule is Cc1nc(C2CCCC2)nc(C)c1C1CCCCN1. The maximum Gasteiger partial charge on any atom is 0.131 e. The Labute approximate surface area is 116 Å². The molecule has 2 aliphatic rings. The van der Waals surface area contributed by atoms with Gasteiger partial charge in [-0.3, -0.25) is 0 Å². The average Bonchev–Trinajstić information content (AvgIpc) is 2.93. The van der Waals surface area contributed by atoms with Crippen molar-refractivity contribution in [2.24, 2.45) is 0 Å². The van der Waals surface area contributed by atoms with Gasteiger partial charge in [-0.05, 0) is 46.1 Å². The van der Waals surface area contributed by atoms with Crippen LogP contribution in [-0.2, 0) is 0 Å². The molecule has 1 unspecified atom stereocenters. The van der Waals surface area contributed by atoms with Crippen molar-refractivity contribution >= 4 is 0 Å². The van der Waals surface area contributed by atoms with Gasteiger partial charge in [-0.25, -0.2) is 9.97 Å². The molecule has 3 nitrogen and oxygen atoms in total. The first-order chi connectivity index (χ1) is 9.25. The summed E-state index contributed by atoms with van der Waals surface area (Å²) in [7, 11) is 0. The van der Waals surface area contributed by atoms with E-state index in [9.17, 15) is 0 Å². The quantitative estimate of drug-likeness (QED) is 0.882. The van der Waals surface area contributed by atoms with Crippen LogP contribution in [0.15, 0.2) is 0 Å². The van der Waals surface area contributed by atoms with E-state index in [2.05, 4.69) is 19.2 Å². The van der Waals surface area contributed by atoms with Gasteiger partial charge in [0.1, 0.15) is 5.82 Å². The molecule has 19 heavy (non-hydrogen) atoms. The Morgan fingerprint density at radius 2 is 1.53 bits per heavy atom. The minimum Gasteiger partial charge on any atom is -0.310 e. The van der Waals surface area contributed by atoms with Crippen molar-refractivity contribution in [2.45, 2.75) is 70.8 Å². The Morgan fingerprint density at radius 3 is 2.11 bits per heavy atom. The topological polar surface area (TPSA) is 37.8 Å². The Hall–Kier alpha value is -0.960. The fourth-order valence-electron chi connectivity index (χ4n) is 3.72. The van der Waals surface area contributed by atoms with Crippen LogP contribution in [0.5, 0.6) is 0 Å². The van der Waals surface area contributed by atoms with E-state index in [4.69, 9.17) is 9.97 Å². The van der Waals surface area contributed by atoms with Crippen molar-refractivity contribution in [3.05, 3.63) is 22.8 Å². The van der Waals surface area contributed by atoms with Crippen molar-refractivity contribution in [1.82, 2.24) is 15.3 Å². The molecule has 0 spiro atoms. The molecule has 1 atom stereocenters. The first-order valence-corrected chi connectivity index (χ1v) is 7.84. The Kier molecular flexibility index (Phi) is 3.83. The standard InChI is InChI=1S/C16H25N3/c1-11-15(14-9-5-6-10-17-14)12(2)19-16(18-11)13-7-3-4-8-13/h13-14,17H,3-10H2,1-2H3. The predicted octanol–water partition coefficient (Wildman–Crippen LogP) is 3.57. The van der Waals surface area contributed by atoms with Gasteiger partial charge in [0.15, 0.2) is 0 Å². The van der Waals surface area contributed by atoms with E-state index in [1.165, 1.54) is 61.9 Å². The number of nitrogens with zero attached hydrogens (tertiary/aromatic N) is 2. The number of aromatic nitrogens is 2. The molecule has 2 fully saturated rings. The summed E-state index contributed by atoms with van der Waals surface area (Å²) in [5, 5.41) is 3.63. The van der Waals surface area contributed by atoms with Crippen LogP contribution in [0.4, 0.5) is 0 Å². The lowest BCUT2D eigenvalue weighted by Gasteiger charge is -2.26. The van der Waals surface area contributed by atoms with E-state index in [-0.39, 0.29) is 0 Å². The highest BCUT2D eigenvalue weighted by Gasteiger charge is 2.24. The molecule has 0 amide bonds. The van der Waals surface area contributed by atoms with Gasteiger partial charge >= 0.3 is 0 Å². The van der Waals surface area contributed by atoms with Crippen LogP contribution in [0.1, 0.15) is 79.7 Å². The summed E-state index contributed by atoms with van der Waals surface area (Å²) in [4.78, 5) is 9.68. The highest BCUT2D eigenvalue weighted by molar-refractivity contribution is 5.29. The highest BCUT2D eigenvalue weighted by Crippen LogP contribution is 2.34. The molecule has 1 aliphatic carbocycles. The average molecular weight is 259 g/mol. The summed E-state index contributed by atoms with van der Waals surface area (Å²) >= 11 is 0. The monoisotopic (exact) mass is 259 g/mol. The first kappa shape index (κ1) is 13.0. The fourth-order valence-corrected chi connectivity index (χ4v) is 3.72. The van der Waals surface area contributed by atoms with Gasteiger partial charge in [0.05, 0.1) is 0 Å². The van der Waals surface area contributed by atoms with Crippen LogP contribution < -0.4 is 5.32 Å². The van der Waals surface area contributed by atoms with Gasteiger partial charge in [-0.1, -0.05) is 19.3 Å². The van der Waals surface area contributed by atoms with Crippen LogP contribution in [0, 0.1) is 13.8 Å². The summed E-state index contributed by atoms with van der Waals surface area (Å²) in [5.74, 6) is 1.72. The van der Waals surface area contributed by atoms with Crippen LogP contribution in [0.3, 0.4) is 0 Å². The third-order valence-electron chi connectivity index (χ3n) is 4.72. The molecular weight excluding hydrogens is 234 g/mol. The molecule has 0 radical (unpaired) electrons. The second kappa shape index (κ2) is 5.58. The molecule has 1 saturated carbocycles. The van der Waals surface area contributed by atoms with Crippen LogP contribution in [-0.4, -0.2) is 16.5 Å². The number of nitrogens with one attached hydrogen (secondary N) is 1. The maximum atomic E-state index is 4.84. The minimum absolute atomic E-state index is 0.478. The van der Waals surface area contributed by atoms with E-state index in [1.54, 1.807) is 0 Å². The first-order valence-electron chi connectivity index (χ1n) is 7.84. The Bertz CT molecular complexity index is 420. The number of rotatable bonds is 2. The summed E-state index contributed by atoms with van der Waals surface area (Å²) in [6.07, 6.45) is 9.10. The van der Waals surface area contributed by atoms with Gasteiger partial charge in [-0.2, -0.15) is 0 Å². The largest absolute Gasteiger partial charge is 0.310 e. The second-order valence-corrected chi connectivity index (χ2v) is 6.15. The lowest BCUT2D eigenvalue weighted by Crippen LogP contribution is -2.28. The minimum atomic E-state index is 0.478. The summed E-state index contributed by atoms with van der Waals surface area (Å²) < 4.78 is 0. The van der Waals surface area contributed by atoms with Gasteiger partial charge < -0.3 is 5.32 Å². The zero-order valence-corrected chi connectivity index (χ0v) is 12.2. The third kappa shape index (κ3) is 2.66. The van der Waals surface area contributed by atoms with E-state index in [0.29, 0.717) is 12.0 Å². The molecule has 2 heterocycles. The molecule has 3 rings (SSSR count). The van der Waals surface area contributed by atoms with E-state index < -0.39 is 0 Å². The van der Waals surface area contributed by atoms with Gasteiger partial charge in [0, 0.05) is 28.9 Å². The zero-order chi connectivity index (χ0) is 13.2. The molecule has 1 saturated heterocycles. The van der Waals surface area contributed by atoms with Gasteiger partial charge in [0.25, 0.3) is 0 Å². The van der Waals surface area contributed by atoms with Crippen molar-refractivity contribution < 1.29 is 0 Å². The molecule has 104 valence electrons. The maximum absolute atomic E-state index is 4.84. The number of hydrogen-bond donors (Lipinski definition) is 1. The summed E-state index contributed by atoms with van der Waals surface area (Å²) in [6.45, 7) is 5.46. The van der Waals surface area contributed by atoms with Crippen LogP contribution >= 0.6 is 0 Å². The molecule has 0 aromatic carbocycles. The second-order valence-electron chi connectivity index (χ2n) is 6.15. The van der Waals surface area contributed by atoms with E-state index >= 15 is 0 Å². The normalized spacial score (nSPS) is 24.8.